The summed E-state index contributed by atoms with van der Waals surface area (Å²) in [5.41, 5.74) is 6.18. The van der Waals surface area contributed by atoms with Crippen LogP contribution in [-0.2, 0) is 16.3 Å². The third kappa shape index (κ3) is 2.85. The van der Waals surface area contributed by atoms with Gasteiger partial charge in [0.15, 0.2) is 15.0 Å². The van der Waals surface area contributed by atoms with Crippen molar-refractivity contribution in [2.75, 3.05) is 12.0 Å². The summed E-state index contributed by atoms with van der Waals surface area (Å²) in [4.78, 5) is 4.52. The highest BCUT2D eigenvalue weighted by atomic mass is 32.2. The Kier molecular flexibility index (Phi) is 3.36. The van der Waals surface area contributed by atoms with E-state index in [1.165, 1.54) is 23.5 Å². The minimum absolute atomic E-state index is 0.282. The zero-order valence-corrected chi connectivity index (χ0v) is 11.2. The van der Waals surface area contributed by atoms with Crippen molar-refractivity contribution in [3.63, 3.8) is 0 Å². The number of benzene rings is 1. The van der Waals surface area contributed by atoms with E-state index in [-0.39, 0.29) is 4.90 Å². The fraction of sp³-hybridized carbons (Fsp3) is 0.182. The molecule has 1 heterocycles. The average Bonchev–Trinajstić information content (AvgIpc) is 2.62. The Bertz CT molecular complexity index is 680. The summed E-state index contributed by atoms with van der Waals surface area (Å²) in [6.07, 6.45) is 3.09. The lowest BCUT2D eigenvalue weighted by Gasteiger charge is -2.03. The van der Waals surface area contributed by atoms with Crippen molar-refractivity contribution in [2.24, 2.45) is 0 Å². The maximum atomic E-state index is 13.6. The van der Waals surface area contributed by atoms with Crippen LogP contribution >= 0.6 is 11.3 Å². The number of hydrogen-bond acceptors (Lipinski definition) is 5. The number of hydrogen-bond donors (Lipinski definition) is 1. The van der Waals surface area contributed by atoms with Crippen LogP contribution in [0.1, 0.15) is 10.4 Å². The molecule has 0 bridgehead atoms. The van der Waals surface area contributed by atoms with Crippen molar-refractivity contribution in [3.05, 3.63) is 40.7 Å². The van der Waals surface area contributed by atoms with Crippen LogP contribution in [0, 0.1) is 5.82 Å². The molecule has 0 aliphatic rings. The predicted octanol–water partition coefficient (Wildman–Crippen LogP) is 1.86. The Morgan fingerprint density at radius 2 is 2.17 bits per heavy atom. The summed E-state index contributed by atoms with van der Waals surface area (Å²) in [7, 11) is -3.52. The van der Waals surface area contributed by atoms with Gasteiger partial charge in [-0.2, -0.15) is 0 Å². The van der Waals surface area contributed by atoms with Crippen molar-refractivity contribution >= 4 is 26.3 Å². The van der Waals surface area contributed by atoms with Crippen LogP contribution in [0.3, 0.4) is 0 Å². The van der Waals surface area contributed by atoms with E-state index in [4.69, 9.17) is 5.73 Å². The maximum absolute atomic E-state index is 13.6. The highest BCUT2D eigenvalue weighted by molar-refractivity contribution is 7.90. The van der Waals surface area contributed by atoms with Crippen molar-refractivity contribution in [3.8, 4) is 0 Å². The number of nitrogens with two attached hydrogens (primary N) is 1. The van der Waals surface area contributed by atoms with E-state index in [2.05, 4.69) is 4.98 Å². The van der Waals surface area contributed by atoms with Crippen LogP contribution in [0.4, 0.5) is 9.52 Å². The van der Waals surface area contributed by atoms with E-state index in [9.17, 15) is 12.8 Å². The second kappa shape index (κ2) is 4.66. The molecule has 2 N–H and O–H groups in total. The molecule has 2 rings (SSSR count). The van der Waals surface area contributed by atoms with Gasteiger partial charge in [-0.3, -0.25) is 0 Å². The van der Waals surface area contributed by atoms with Gasteiger partial charge in [-0.25, -0.2) is 17.8 Å². The van der Waals surface area contributed by atoms with Crippen molar-refractivity contribution in [1.82, 2.24) is 4.98 Å². The third-order valence-electron chi connectivity index (χ3n) is 2.35. The Hall–Kier alpha value is -1.47. The average molecular weight is 286 g/mol. The van der Waals surface area contributed by atoms with Gasteiger partial charge in [-0.1, -0.05) is 6.07 Å². The third-order valence-corrected chi connectivity index (χ3v) is 4.30. The summed E-state index contributed by atoms with van der Waals surface area (Å²) >= 11 is 1.32. The highest BCUT2D eigenvalue weighted by Crippen LogP contribution is 2.21. The Labute approximate surface area is 108 Å². The Morgan fingerprint density at radius 1 is 1.44 bits per heavy atom. The van der Waals surface area contributed by atoms with Crippen LogP contribution in [-0.4, -0.2) is 19.7 Å². The van der Waals surface area contributed by atoms with Crippen LogP contribution in [0.5, 0.6) is 0 Å². The molecule has 0 saturated heterocycles. The van der Waals surface area contributed by atoms with Gasteiger partial charge in [0.05, 0.1) is 0 Å². The van der Waals surface area contributed by atoms with E-state index < -0.39 is 15.7 Å². The standard InChI is InChI=1S/C11H11FN2O2S2/c1-18(15,16)10-3-2-7(5-9(10)12)4-8-6-14-11(13)17-8/h2-3,5-6H,4H2,1H3,(H2,13,14). The van der Waals surface area contributed by atoms with E-state index in [1.54, 1.807) is 12.3 Å². The first-order chi connectivity index (χ1) is 8.36. The summed E-state index contributed by atoms with van der Waals surface area (Å²) in [5, 5.41) is 0.457. The largest absolute Gasteiger partial charge is 0.375 e. The monoisotopic (exact) mass is 286 g/mol. The van der Waals surface area contributed by atoms with Crippen LogP contribution in [0.2, 0.25) is 0 Å². The van der Waals surface area contributed by atoms with Gasteiger partial charge in [0.1, 0.15) is 10.7 Å². The molecule has 0 aliphatic heterocycles. The zero-order valence-electron chi connectivity index (χ0n) is 9.55. The normalized spacial score (nSPS) is 11.7. The quantitative estimate of drug-likeness (QED) is 0.934. The lowest BCUT2D eigenvalue weighted by molar-refractivity contribution is 0.570. The Morgan fingerprint density at radius 3 is 2.67 bits per heavy atom. The van der Waals surface area contributed by atoms with E-state index in [1.807, 2.05) is 0 Å². The molecule has 0 radical (unpaired) electrons. The molecule has 0 amide bonds. The fourth-order valence-corrected chi connectivity index (χ4v) is 3.01. The second-order valence-electron chi connectivity index (χ2n) is 3.88. The molecule has 96 valence electrons. The molecule has 1 aromatic heterocycles. The van der Waals surface area contributed by atoms with Crippen molar-refractivity contribution in [1.29, 1.82) is 0 Å². The molecule has 0 aliphatic carbocycles. The van der Waals surface area contributed by atoms with Crippen molar-refractivity contribution in [2.45, 2.75) is 11.3 Å². The van der Waals surface area contributed by atoms with Gasteiger partial charge in [-0.15, -0.1) is 11.3 Å². The zero-order chi connectivity index (χ0) is 13.3. The van der Waals surface area contributed by atoms with Gasteiger partial charge < -0.3 is 5.73 Å². The van der Waals surface area contributed by atoms with Crippen LogP contribution in [0.15, 0.2) is 29.3 Å². The van der Waals surface area contributed by atoms with Crippen LogP contribution < -0.4 is 5.73 Å². The minimum atomic E-state index is -3.52. The molecule has 4 nitrogen and oxygen atoms in total. The molecule has 1 aromatic carbocycles. The lowest BCUT2D eigenvalue weighted by Crippen LogP contribution is -2.01. The summed E-state index contributed by atoms with van der Waals surface area (Å²) in [6.45, 7) is 0. The maximum Gasteiger partial charge on any atom is 0.180 e. The number of halogens is 1. The van der Waals surface area contributed by atoms with Gasteiger partial charge in [0.2, 0.25) is 0 Å². The van der Waals surface area contributed by atoms with Crippen molar-refractivity contribution < 1.29 is 12.8 Å². The number of sulfone groups is 1. The second-order valence-corrected chi connectivity index (χ2v) is 7.01. The number of nitrogens with zero attached hydrogens (tertiary/aromatic N) is 1. The van der Waals surface area contributed by atoms with Gasteiger partial charge >= 0.3 is 0 Å². The molecule has 7 heteroatoms. The number of aromatic nitrogens is 1. The number of thiazole rings is 1. The summed E-state index contributed by atoms with van der Waals surface area (Å²) < 4.78 is 36.2. The fourth-order valence-electron chi connectivity index (χ4n) is 1.56. The molecule has 0 spiro atoms. The van der Waals surface area contributed by atoms with Crippen LogP contribution in [0.25, 0.3) is 0 Å². The molecule has 0 fully saturated rings. The topological polar surface area (TPSA) is 73.0 Å². The highest BCUT2D eigenvalue weighted by Gasteiger charge is 2.14. The molecule has 18 heavy (non-hydrogen) atoms. The SMILES string of the molecule is CS(=O)(=O)c1ccc(Cc2cnc(N)s2)cc1F. The molecular formula is C11H11FN2O2S2. The smallest absolute Gasteiger partial charge is 0.180 e. The van der Waals surface area contributed by atoms with Gasteiger partial charge in [0, 0.05) is 23.8 Å². The van der Waals surface area contributed by atoms with Gasteiger partial charge in [0.25, 0.3) is 0 Å². The first-order valence-corrected chi connectivity index (χ1v) is 7.76. The minimum Gasteiger partial charge on any atom is -0.375 e. The number of anilines is 1. The summed E-state index contributed by atoms with van der Waals surface area (Å²) in [5.74, 6) is -0.729. The molecule has 0 atom stereocenters. The van der Waals surface area contributed by atoms with E-state index in [0.29, 0.717) is 17.1 Å². The first kappa shape index (κ1) is 13.0. The first-order valence-electron chi connectivity index (χ1n) is 5.05. The Balaban J connectivity index is 2.30. The lowest BCUT2D eigenvalue weighted by atomic mass is 10.1. The van der Waals surface area contributed by atoms with E-state index >= 15 is 0 Å². The molecule has 2 aromatic rings. The number of rotatable bonds is 3. The number of nitrogen functional groups attached to an aromatic ring is 1. The predicted molar refractivity (Wildman–Crippen MR) is 68.8 cm³/mol. The molecular weight excluding hydrogens is 275 g/mol. The summed E-state index contributed by atoms with van der Waals surface area (Å²) in [6, 6.07) is 4.10. The van der Waals surface area contributed by atoms with Gasteiger partial charge in [-0.05, 0) is 17.7 Å². The molecule has 0 saturated carbocycles. The molecule has 0 unspecified atom stereocenters. The van der Waals surface area contributed by atoms with E-state index in [0.717, 1.165) is 11.1 Å².